The third-order valence-electron chi connectivity index (χ3n) is 2.87. The lowest BCUT2D eigenvalue weighted by molar-refractivity contribution is -0.121. The Morgan fingerprint density at radius 3 is 2.94 bits per heavy atom. The molecule has 1 aromatic carbocycles. The van der Waals surface area contributed by atoms with Crippen LogP contribution in [0.2, 0.25) is 0 Å². The highest BCUT2D eigenvalue weighted by Gasteiger charge is 2.15. The quantitative estimate of drug-likeness (QED) is 0.903. The van der Waals surface area contributed by atoms with E-state index in [4.69, 9.17) is 9.15 Å². The number of carbonyl (C=O) groups excluding carboxylic acids is 1. The fraction of sp³-hybridized carbons (Fsp3) is 0.357. The summed E-state index contributed by atoms with van der Waals surface area (Å²) < 4.78 is 11.0. The second-order valence-electron chi connectivity index (χ2n) is 4.17. The Bertz CT molecular complexity index is 559. The van der Waals surface area contributed by atoms with Crippen molar-refractivity contribution < 1.29 is 13.9 Å². The normalized spacial score (nSPS) is 12.4. The van der Waals surface area contributed by atoms with Crippen LogP contribution in [0.4, 0.5) is 0 Å². The van der Waals surface area contributed by atoms with Gasteiger partial charge in [0.15, 0.2) is 11.3 Å². The van der Waals surface area contributed by atoms with Crippen molar-refractivity contribution in [2.24, 2.45) is 0 Å². The van der Waals surface area contributed by atoms with Crippen LogP contribution < -0.4 is 10.1 Å². The Labute approximate surface area is 106 Å². The second kappa shape index (κ2) is 5.12. The van der Waals surface area contributed by atoms with Crippen LogP contribution in [0.3, 0.4) is 0 Å². The van der Waals surface area contributed by atoms with Gasteiger partial charge in [0.1, 0.15) is 5.76 Å². The molecule has 0 fully saturated rings. The molecule has 1 N–H and O–H groups in total. The first-order valence-corrected chi connectivity index (χ1v) is 6.01. The third kappa shape index (κ3) is 2.32. The number of hydrogen-bond donors (Lipinski definition) is 1. The minimum absolute atomic E-state index is 0.00919. The molecule has 4 nitrogen and oxygen atoms in total. The summed E-state index contributed by atoms with van der Waals surface area (Å²) in [5, 5.41) is 3.84. The summed E-state index contributed by atoms with van der Waals surface area (Å²) in [7, 11) is 1.61. The van der Waals surface area contributed by atoms with E-state index in [1.807, 2.05) is 38.1 Å². The Balaban J connectivity index is 2.32. The van der Waals surface area contributed by atoms with Gasteiger partial charge in [0.05, 0.1) is 13.2 Å². The van der Waals surface area contributed by atoms with Gasteiger partial charge in [0, 0.05) is 11.8 Å². The first-order valence-electron chi connectivity index (χ1n) is 6.01. The zero-order valence-electron chi connectivity index (χ0n) is 10.8. The first kappa shape index (κ1) is 12.5. The number of hydrogen-bond acceptors (Lipinski definition) is 3. The van der Waals surface area contributed by atoms with Gasteiger partial charge in [-0.05, 0) is 19.1 Å². The number of rotatable bonds is 4. The van der Waals surface area contributed by atoms with Crippen molar-refractivity contribution in [3.8, 4) is 5.75 Å². The Kier molecular flexibility index (Phi) is 3.55. The van der Waals surface area contributed by atoms with Crippen molar-refractivity contribution in [3.63, 3.8) is 0 Å². The number of methoxy groups -OCH3 is 1. The summed E-state index contributed by atoms with van der Waals surface area (Å²) in [6, 6.07) is 7.51. The largest absolute Gasteiger partial charge is 0.493 e. The van der Waals surface area contributed by atoms with E-state index in [2.05, 4.69) is 5.32 Å². The van der Waals surface area contributed by atoms with Crippen molar-refractivity contribution in [3.05, 3.63) is 30.0 Å². The fourth-order valence-electron chi connectivity index (χ4n) is 1.85. The van der Waals surface area contributed by atoms with Crippen molar-refractivity contribution >= 4 is 16.9 Å². The van der Waals surface area contributed by atoms with Crippen LogP contribution in [0.5, 0.6) is 5.75 Å². The Hall–Kier alpha value is -1.97. The molecule has 96 valence electrons. The molecule has 1 aromatic heterocycles. The number of furan rings is 1. The molecule has 1 amide bonds. The predicted octanol–water partition coefficient (Wildman–Crippen LogP) is 3.03. The lowest BCUT2D eigenvalue weighted by Crippen LogP contribution is -2.25. The summed E-state index contributed by atoms with van der Waals surface area (Å²) in [4.78, 5) is 11.4. The number of ether oxygens (including phenoxy) is 1. The minimum Gasteiger partial charge on any atom is -0.493 e. The molecule has 2 rings (SSSR count). The molecule has 0 saturated heterocycles. The van der Waals surface area contributed by atoms with E-state index in [9.17, 15) is 4.79 Å². The molecule has 2 aromatic rings. The molecule has 0 saturated carbocycles. The average Bonchev–Trinajstić information content (AvgIpc) is 2.82. The zero-order chi connectivity index (χ0) is 13.1. The minimum atomic E-state index is -0.144. The summed E-state index contributed by atoms with van der Waals surface area (Å²) in [5.74, 6) is 1.44. The second-order valence-corrected chi connectivity index (χ2v) is 4.17. The van der Waals surface area contributed by atoms with Crippen LogP contribution in [0.25, 0.3) is 11.0 Å². The van der Waals surface area contributed by atoms with Gasteiger partial charge in [-0.25, -0.2) is 0 Å². The Morgan fingerprint density at radius 1 is 1.50 bits per heavy atom. The van der Waals surface area contributed by atoms with Gasteiger partial charge in [0.2, 0.25) is 5.91 Å². The highest BCUT2D eigenvalue weighted by molar-refractivity contribution is 5.84. The SMILES string of the molecule is CCC(=O)NC(C)c1cc2cccc(OC)c2o1. The molecule has 4 heteroatoms. The number of para-hydroxylation sites is 1. The van der Waals surface area contributed by atoms with E-state index in [0.717, 1.165) is 11.1 Å². The molecule has 0 bridgehead atoms. The van der Waals surface area contributed by atoms with E-state index < -0.39 is 0 Å². The maximum Gasteiger partial charge on any atom is 0.220 e. The van der Waals surface area contributed by atoms with Crippen molar-refractivity contribution in [2.45, 2.75) is 26.3 Å². The predicted molar refractivity (Wildman–Crippen MR) is 69.6 cm³/mol. The van der Waals surface area contributed by atoms with Crippen LogP contribution >= 0.6 is 0 Å². The molecular formula is C14H17NO3. The van der Waals surface area contributed by atoms with E-state index >= 15 is 0 Å². The monoisotopic (exact) mass is 247 g/mol. The molecule has 0 spiro atoms. The molecule has 1 unspecified atom stereocenters. The zero-order valence-corrected chi connectivity index (χ0v) is 10.8. The first-order chi connectivity index (χ1) is 8.65. The molecule has 1 heterocycles. The average molecular weight is 247 g/mol. The van der Waals surface area contributed by atoms with E-state index in [1.165, 1.54) is 0 Å². The highest BCUT2D eigenvalue weighted by atomic mass is 16.5. The van der Waals surface area contributed by atoms with Crippen molar-refractivity contribution in [2.75, 3.05) is 7.11 Å². The molecule has 0 aliphatic carbocycles. The molecule has 1 atom stereocenters. The maximum atomic E-state index is 11.4. The molecule has 0 aliphatic heterocycles. The van der Waals surface area contributed by atoms with Gasteiger partial charge in [-0.3, -0.25) is 4.79 Å². The topological polar surface area (TPSA) is 51.5 Å². The van der Waals surface area contributed by atoms with Gasteiger partial charge < -0.3 is 14.5 Å². The van der Waals surface area contributed by atoms with Crippen LogP contribution in [-0.2, 0) is 4.79 Å². The lowest BCUT2D eigenvalue weighted by atomic mass is 10.2. The number of fused-ring (bicyclic) bond motifs is 1. The number of carbonyl (C=O) groups is 1. The smallest absolute Gasteiger partial charge is 0.220 e. The summed E-state index contributed by atoms with van der Waals surface area (Å²) in [5.41, 5.74) is 0.715. The van der Waals surface area contributed by atoms with E-state index in [-0.39, 0.29) is 11.9 Å². The fourth-order valence-corrected chi connectivity index (χ4v) is 1.85. The van der Waals surface area contributed by atoms with Gasteiger partial charge in [0.25, 0.3) is 0 Å². The molecule has 0 radical (unpaired) electrons. The standard InChI is InChI=1S/C14H17NO3/c1-4-13(16)15-9(2)12-8-10-6-5-7-11(17-3)14(10)18-12/h5-9H,4H2,1-3H3,(H,15,16). The van der Waals surface area contributed by atoms with Crippen molar-refractivity contribution in [1.82, 2.24) is 5.32 Å². The van der Waals surface area contributed by atoms with E-state index in [1.54, 1.807) is 7.11 Å². The van der Waals surface area contributed by atoms with E-state index in [0.29, 0.717) is 17.8 Å². The molecule has 0 aliphatic rings. The maximum absolute atomic E-state index is 11.4. The molecular weight excluding hydrogens is 230 g/mol. The summed E-state index contributed by atoms with van der Waals surface area (Å²) in [6.07, 6.45) is 0.466. The third-order valence-corrected chi connectivity index (χ3v) is 2.87. The summed E-state index contributed by atoms with van der Waals surface area (Å²) in [6.45, 7) is 3.72. The number of amides is 1. The molecule has 18 heavy (non-hydrogen) atoms. The number of nitrogens with one attached hydrogen (secondary N) is 1. The van der Waals surface area contributed by atoms with Gasteiger partial charge >= 0.3 is 0 Å². The van der Waals surface area contributed by atoms with Gasteiger partial charge in [-0.1, -0.05) is 19.1 Å². The van der Waals surface area contributed by atoms with Crippen molar-refractivity contribution in [1.29, 1.82) is 0 Å². The van der Waals surface area contributed by atoms with Crippen LogP contribution in [0.1, 0.15) is 32.1 Å². The Morgan fingerprint density at radius 2 is 2.28 bits per heavy atom. The van der Waals surface area contributed by atoms with Gasteiger partial charge in [-0.2, -0.15) is 0 Å². The van der Waals surface area contributed by atoms with Gasteiger partial charge in [-0.15, -0.1) is 0 Å². The number of benzene rings is 1. The lowest BCUT2D eigenvalue weighted by Gasteiger charge is -2.09. The van der Waals surface area contributed by atoms with Crippen LogP contribution in [0, 0.1) is 0 Å². The summed E-state index contributed by atoms with van der Waals surface area (Å²) >= 11 is 0. The highest BCUT2D eigenvalue weighted by Crippen LogP contribution is 2.30. The van der Waals surface area contributed by atoms with Crippen LogP contribution in [0.15, 0.2) is 28.7 Å². The van der Waals surface area contributed by atoms with Crippen LogP contribution in [-0.4, -0.2) is 13.0 Å².